The van der Waals surface area contributed by atoms with E-state index in [9.17, 15) is 4.79 Å². The molecule has 1 amide bonds. The molecule has 0 bridgehead atoms. The number of nitriles is 1. The summed E-state index contributed by atoms with van der Waals surface area (Å²) in [7, 11) is 0. The van der Waals surface area contributed by atoms with Crippen LogP contribution in [-0.4, -0.2) is 15.9 Å². The standard InChI is InChI=1S/C23H16N4OS2/c24-12-14-5-3-6-15(11-14)27-21(28)17-7-1-2-9-19(17)30-23-20-16-8-4-10-18(16)29-22(20)25-13-26-23/h1-3,5-7,9,11,13H,4,8,10H2,(H,27,28). The van der Waals surface area contributed by atoms with Crippen LogP contribution in [-0.2, 0) is 12.8 Å². The molecule has 0 aliphatic heterocycles. The molecule has 0 fully saturated rings. The van der Waals surface area contributed by atoms with Gasteiger partial charge in [-0.3, -0.25) is 4.79 Å². The first-order valence-electron chi connectivity index (χ1n) is 9.56. The molecule has 0 unspecified atom stereocenters. The highest BCUT2D eigenvalue weighted by Crippen LogP contribution is 2.42. The summed E-state index contributed by atoms with van der Waals surface area (Å²) in [5, 5.41) is 14.0. The van der Waals surface area contributed by atoms with E-state index in [0.717, 1.165) is 33.0 Å². The van der Waals surface area contributed by atoms with E-state index in [1.807, 2.05) is 24.3 Å². The molecule has 5 nitrogen and oxygen atoms in total. The van der Waals surface area contributed by atoms with Gasteiger partial charge in [-0.15, -0.1) is 11.3 Å². The summed E-state index contributed by atoms with van der Waals surface area (Å²) >= 11 is 3.26. The zero-order chi connectivity index (χ0) is 20.5. The molecule has 4 aromatic rings. The average Bonchev–Trinajstić information content (AvgIpc) is 3.36. The van der Waals surface area contributed by atoms with Gasteiger partial charge in [-0.2, -0.15) is 5.26 Å². The molecule has 146 valence electrons. The Hall–Kier alpha value is -3.21. The van der Waals surface area contributed by atoms with Crippen LogP contribution < -0.4 is 5.32 Å². The summed E-state index contributed by atoms with van der Waals surface area (Å²) in [6.45, 7) is 0. The number of aromatic nitrogens is 2. The number of fused-ring (bicyclic) bond motifs is 3. The first-order chi connectivity index (χ1) is 14.7. The van der Waals surface area contributed by atoms with Crippen LogP contribution in [0.5, 0.6) is 0 Å². The largest absolute Gasteiger partial charge is 0.322 e. The highest BCUT2D eigenvalue weighted by Gasteiger charge is 2.22. The van der Waals surface area contributed by atoms with Crippen molar-refractivity contribution >= 4 is 44.9 Å². The minimum atomic E-state index is -0.214. The lowest BCUT2D eigenvalue weighted by Gasteiger charge is -2.10. The van der Waals surface area contributed by atoms with Crippen LogP contribution >= 0.6 is 23.1 Å². The molecule has 1 aliphatic carbocycles. The molecule has 2 aromatic carbocycles. The number of nitrogens with zero attached hydrogens (tertiary/aromatic N) is 3. The number of nitrogens with one attached hydrogen (secondary N) is 1. The molecule has 0 saturated heterocycles. The number of carbonyl (C=O) groups excluding carboxylic acids is 1. The van der Waals surface area contributed by atoms with Crippen molar-refractivity contribution in [2.45, 2.75) is 29.2 Å². The molecule has 0 radical (unpaired) electrons. The van der Waals surface area contributed by atoms with Crippen molar-refractivity contribution in [3.05, 3.63) is 76.4 Å². The number of hydrogen-bond acceptors (Lipinski definition) is 6. The van der Waals surface area contributed by atoms with Gasteiger partial charge in [0.15, 0.2) is 0 Å². The van der Waals surface area contributed by atoms with Crippen molar-refractivity contribution in [3.63, 3.8) is 0 Å². The van der Waals surface area contributed by atoms with Crippen molar-refractivity contribution in [1.82, 2.24) is 9.97 Å². The summed E-state index contributed by atoms with van der Waals surface area (Å²) in [6, 6.07) is 16.5. The van der Waals surface area contributed by atoms with Crippen LogP contribution in [0.3, 0.4) is 0 Å². The third kappa shape index (κ3) is 3.45. The third-order valence-corrected chi connectivity index (χ3v) is 7.33. The van der Waals surface area contributed by atoms with Gasteiger partial charge in [0.2, 0.25) is 0 Å². The quantitative estimate of drug-likeness (QED) is 0.437. The first-order valence-corrected chi connectivity index (χ1v) is 11.2. The lowest BCUT2D eigenvalue weighted by atomic mass is 10.2. The van der Waals surface area contributed by atoms with Crippen molar-refractivity contribution < 1.29 is 4.79 Å². The van der Waals surface area contributed by atoms with Crippen molar-refractivity contribution in [1.29, 1.82) is 5.26 Å². The average molecular weight is 429 g/mol. The predicted molar refractivity (Wildman–Crippen MR) is 119 cm³/mol. The molecule has 2 aromatic heterocycles. The van der Waals surface area contributed by atoms with E-state index in [1.54, 1.807) is 41.9 Å². The van der Waals surface area contributed by atoms with E-state index in [1.165, 1.54) is 28.6 Å². The van der Waals surface area contributed by atoms with E-state index in [4.69, 9.17) is 5.26 Å². The second-order valence-electron chi connectivity index (χ2n) is 6.96. The minimum absolute atomic E-state index is 0.214. The molecular formula is C23H16N4OS2. The van der Waals surface area contributed by atoms with E-state index in [2.05, 4.69) is 21.4 Å². The second kappa shape index (κ2) is 7.90. The molecule has 30 heavy (non-hydrogen) atoms. The van der Waals surface area contributed by atoms with Crippen LogP contribution in [0, 0.1) is 11.3 Å². The summed E-state index contributed by atoms with van der Waals surface area (Å²) in [5.41, 5.74) is 3.04. The summed E-state index contributed by atoms with van der Waals surface area (Å²) in [4.78, 5) is 25.3. The molecule has 0 saturated carbocycles. The Morgan fingerprint density at radius 3 is 2.93 bits per heavy atom. The second-order valence-corrected chi connectivity index (χ2v) is 9.08. The zero-order valence-electron chi connectivity index (χ0n) is 15.9. The predicted octanol–water partition coefficient (Wildman–Crippen LogP) is 5.46. The fourth-order valence-corrected chi connectivity index (χ4v) is 6.03. The normalized spacial score (nSPS) is 12.5. The molecule has 2 heterocycles. The van der Waals surface area contributed by atoms with Crippen LogP contribution in [0.4, 0.5) is 5.69 Å². The molecule has 5 rings (SSSR count). The number of benzene rings is 2. The Balaban J connectivity index is 1.48. The minimum Gasteiger partial charge on any atom is -0.322 e. The van der Waals surface area contributed by atoms with Gasteiger partial charge >= 0.3 is 0 Å². The lowest BCUT2D eigenvalue weighted by molar-refractivity contribution is 0.102. The number of hydrogen-bond donors (Lipinski definition) is 1. The van der Waals surface area contributed by atoms with E-state index < -0.39 is 0 Å². The number of amides is 1. The van der Waals surface area contributed by atoms with Gasteiger partial charge in [0.25, 0.3) is 5.91 Å². The lowest BCUT2D eigenvalue weighted by Crippen LogP contribution is -2.13. The van der Waals surface area contributed by atoms with Gasteiger partial charge in [-0.1, -0.05) is 30.0 Å². The summed E-state index contributed by atoms with van der Waals surface area (Å²) < 4.78 is 0. The molecular weight excluding hydrogens is 412 g/mol. The van der Waals surface area contributed by atoms with Gasteiger partial charge in [0.1, 0.15) is 16.2 Å². The molecule has 0 atom stereocenters. The smallest absolute Gasteiger partial charge is 0.256 e. The van der Waals surface area contributed by atoms with Gasteiger partial charge < -0.3 is 5.32 Å². The monoisotopic (exact) mass is 428 g/mol. The van der Waals surface area contributed by atoms with E-state index in [0.29, 0.717) is 16.8 Å². The molecule has 1 N–H and O–H groups in total. The number of thiophene rings is 1. The van der Waals surface area contributed by atoms with Crippen molar-refractivity contribution in [2.24, 2.45) is 0 Å². The Labute approximate surface area is 181 Å². The summed E-state index contributed by atoms with van der Waals surface area (Å²) in [5.74, 6) is -0.214. The maximum atomic E-state index is 13.0. The fraction of sp³-hybridized carbons (Fsp3) is 0.130. The van der Waals surface area contributed by atoms with Gasteiger partial charge in [-0.05, 0) is 55.2 Å². The molecule has 7 heteroatoms. The maximum Gasteiger partial charge on any atom is 0.256 e. The van der Waals surface area contributed by atoms with Gasteiger partial charge in [-0.25, -0.2) is 9.97 Å². The highest BCUT2D eigenvalue weighted by atomic mass is 32.2. The van der Waals surface area contributed by atoms with E-state index in [-0.39, 0.29) is 5.91 Å². The summed E-state index contributed by atoms with van der Waals surface area (Å²) in [6.07, 6.45) is 4.96. The Kier molecular flexibility index (Phi) is 4.95. The SMILES string of the molecule is N#Cc1cccc(NC(=O)c2ccccc2Sc2ncnc3sc4c(c23)CCC4)c1. The van der Waals surface area contributed by atoms with Gasteiger partial charge in [0.05, 0.1) is 17.2 Å². The third-order valence-electron chi connectivity index (χ3n) is 5.05. The van der Waals surface area contributed by atoms with Crippen LogP contribution in [0.15, 0.2) is 64.8 Å². The van der Waals surface area contributed by atoms with Crippen LogP contribution in [0.25, 0.3) is 10.2 Å². The highest BCUT2D eigenvalue weighted by molar-refractivity contribution is 7.99. The number of aryl methyl sites for hydroxylation is 2. The van der Waals surface area contributed by atoms with Crippen molar-refractivity contribution in [2.75, 3.05) is 5.32 Å². The first kappa shape index (κ1) is 18.8. The fourth-order valence-electron chi connectivity index (χ4n) is 3.69. The van der Waals surface area contributed by atoms with Crippen LogP contribution in [0.2, 0.25) is 0 Å². The number of rotatable bonds is 4. The van der Waals surface area contributed by atoms with E-state index >= 15 is 0 Å². The number of carbonyl (C=O) groups is 1. The Morgan fingerprint density at radius 2 is 2.03 bits per heavy atom. The Bertz CT molecular complexity index is 1320. The Morgan fingerprint density at radius 1 is 1.13 bits per heavy atom. The van der Waals surface area contributed by atoms with Crippen molar-refractivity contribution in [3.8, 4) is 6.07 Å². The zero-order valence-corrected chi connectivity index (χ0v) is 17.5. The topological polar surface area (TPSA) is 78.7 Å². The van der Waals surface area contributed by atoms with Crippen LogP contribution in [0.1, 0.15) is 32.8 Å². The maximum absolute atomic E-state index is 13.0. The van der Waals surface area contributed by atoms with Gasteiger partial charge in [0, 0.05) is 20.8 Å². The number of anilines is 1. The molecule has 1 aliphatic rings. The molecule has 0 spiro atoms.